The first-order valence-electron chi connectivity index (χ1n) is 5.47. The fraction of sp³-hybridized carbons (Fsp3) is 0.909. The molecule has 0 rings (SSSR count). The molecule has 0 saturated heterocycles. The van der Waals surface area contributed by atoms with Gasteiger partial charge in [-0.2, -0.15) is 0 Å². The highest BCUT2D eigenvalue weighted by atomic mass is 35.5. The highest BCUT2D eigenvalue weighted by molar-refractivity contribution is 6.17. The van der Waals surface area contributed by atoms with Gasteiger partial charge in [-0.3, -0.25) is 4.79 Å². The fourth-order valence-electron chi connectivity index (χ4n) is 1.20. The molecule has 0 radical (unpaired) electrons. The van der Waals surface area contributed by atoms with Gasteiger partial charge in [0.2, 0.25) is 5.91 Å². The summed E-state index contributed by atoms with van der Waals surface area (Å²) in [5, 5.41) is 3.01. The Labute approximate surface area is 92.4 Å². The fourth-order valence-corrected chi connectivity index (χ4v) is 1.39. The maximum absolute atomic E-state index is 11.4. The lowest BCUT2D eigenvalue weighted by atomic mass is 10.0. The van der Waals surface area contributed by atoms with E-state index in [1.807, 2.05) is 0 Å². The lowest BCUT2D eigenvalue weighted by Gasteiger charge is -2.19. The second-order valence-electron chi connectivity index (χ2n) is 3.89. The lowest BCUT2D eigenvalue weighted by molar-refractivity contribution is -0.122. The summed E-state index contributed by atoms with van der Waals surface area (Å²) in [5.74, 6) is 1.35. The molecule has 84 valence electrons. The number of amides is 1. The molecule has 2 unspecified atom stereocenters. The van der Waals surface area contributed by atoms with Crippen molar-refractivity contribution in [3.8, 4) is 0 Å². The van der Waals surface area contributed by atoms with Crippen molar-refractivity contribution in [2.24, 2.45) is 5.92 Å². The molecule has 0 aromatic carbocycles. The largest absolute Gasteiger partial charge is 0.353 e. The van der Waals surface area contributed by atoms with Crippen LogP contribution in [-0.4, -0.2) is 17.8 Å². The number of halogens is 1. The van der Waals surface area contributed by atoms with Crippen LogP contribution in [0.2, 0.25) is 0 Å². The van der Waals surface area contributed by atoms with Crippen molar-refractivity contribution >= 4 is 17.5 Å². The summed E-state index contributed by atoms with van der Waals surface area (Å²) in [6.45, 7) is 6.36. The molecule has 0 aromatic heterocycles. The average Bonchev–Trinajstić information content (AvgIpc) is 2.16. The number of rotatable bonds is 7. The van der Waals surface area contributed by atoms with E-state index in [2.05, 4.69) is 26.1 Å². The van der Waals surface area contributed by atoms with E-state index in [9.17, 15) is 4.79 Å². The van der Waals surface area contributed by atoms with Crippen molar-refractivity contribution in [1.29, 1.82) is 0 Å². The second-order valence-corrected chi connectivity index (χ2v) is 4.27. The number of carbonyl (C=O) groups is 1. The molecule has 2 atom stereocenters. The Morgan fingerprint density at radius 1 is 1.36 bits per heavy atom. The zero-order valence-corrected chi connectivity index (χ0v) is 10.2. The van der Waals surface area contributed by atoms with E-state index in [0.29, 0.717) is 18.2 Å². The van der Waals surface area contributed by atoms with E-state index in [-0.39, 0.29) is 11.9 Å². The Balaban J connectivity index is 3.60. The Kier molecular flexibility index (Phi) is 7.96. The standard InChI is InChI=1S/C11H22ClNO/c1-4-9(2)10(3)13-11(14)7-5-6-8-12/h9-10H,4-8H2,1-3H3,(H,13,14). The summed E-state index contributed by atoms with van der Waals surface area (Å²) in [6.07, 6.45) is 3.52. The number of carbonyl (C=O) groups excluding carboxylic acids is 1. The van der Waals surface area contributed by atoms with Crippen LogP contribution in [0.3, 0.4) is 0 Å². The first-order chi connectivity index (χ1) is 6.61. The molecule has 0 aliphatic heterocycles. The topological polar surface area (TPSA) is 29.1 Å². The minimum atomic E-state index is 0.155. The molecule has 1 amide bonds. The number of hydrogen-bond acceptors (Lipinski definition) is 1. The number of nitrogens with one attached hydrogen (secondary N) is 1. The third-order valence-corrected chi connectivity index (χ3v) is 2.94. The van der Waals surface area contributed by atoms with E-state index in [1.54, 1.807) is 0 Å². The third kappa shape index (κ3) is 6.25. The number of unbranched alkanes of at least 4 members (excludes halogenated alkanes) is 1. The zero-order chi connectivity index (χ0) is 11.0. The van der Waals surface area contributed by atoms with Crippen molar-refractivity contribution in [2.75, 3.05) is 5.88 Å². The van der Waals surface area contributed by atoms with E-state index < -0.39 is 0 Å². The molecule has 0 spiro atoms. The van der Waals surface area contributed by atoms with Crippen molar-refractivity contribution in [3.05, 3.63) is 0 Å². The molecule has 0 fully saturated rings. The van der Waals surface area contributed by atoms with Gasteiger partial charge < -0.3 is 5.32 Å². The van der Waals surface area contributed by atoms with E-state index in [1.165, 1.54) is 0 Å². The van der Waals surface area contributed by atoms with Gasteiger partial charge in [-0.15, -0.1) is 11.6 Å². The molecule has 2 nitrogen and oxygen atoms in total. The van der Waals surface area contributed by atoms with Gasteiger partial charge in [-0.25, -0.2) is 0 Å². The highest BCUT2D eigenvalue weighted by Crippen LogP contribution is 2.07. The summed E-state index contributed by atoms with van der Waals surface area (Å²) in [7, 11) is 0. The Bertz CT molecular complexity index is 161. The van der Waals surface area contributed by atoms with Crippen LogP contribution in [0.5, 0.6) is 0 Å². The molecule has 0 saturated carbocycles. The van der Waals surface area contributed by atoms with E-state index >= 15 is 0 Å². The Morgan fingerprint density at radius 3 is 2.50 bits per heavy atom. The van der Waals surface area contributed by atoms with Crippen LogP contribution in [0.15, 0.2) is 0 Å². The Morgan fingerprint density at radius 2 is 2.00 bits per heavy atom. The first kappa shape index (κ1) is 13.8. The zero-order valence-electron chi connectivity index (χ0n) is 9.48. The molecule has 1 N–H and O–H groups in total. The van der Waals surface area contributed by atoms with Crippen LogP contribution >= 0.6 is 11.6 Å². The molecule has 14 heavy (non-hydrogen) atoms. The summed E-state index contributed by atoms with van der Waals surface area (Å²) >= 11 is 5.53. The first-order valence-corrected chi connectivity index (χ1v) is 6.00. The van der Waals surface area contributed by atoms with Gasteiger partial charge in [0.1, 0.15) is 0 Å². The van der Waals surface area contributed by atoms with Crippen LogP contribution < -0.4 is 5.32 Å². The molecule has 0 aliphatic rings. The minimum Gasteiger partial charge on any atom is -0.353 e. The molecule has 0 bridgehead atoms. The highest BCUT2D eigenvalue weighted by Gasteiger charge is 2.12. The van der Waals surface area contributed by atoms with E-state index in [4.69, 9.17) is 11.6 Å². The van der Waals surface area contributed by atoms with Gasteiger partial charge in [0.15, 0.2) is 0 Å². The lowest BCUT2D eigenvalue weighted by Crippen LogP contribution is -2.36. The smallest absolute Gasteiger partial charge is 0.220 e. The summed E-state index contributed by atoms with van der Waals surface area (Å²) in [5.41, 5.74) is 0. The predicted octanol–water partition coefficient (Wildman–Crippen LogP) is 2.95. The van der Waals surface area contributed by atoms with Crippen LogP contribution in [0, 0.1) is 5.92 Å². The molecule has 0 aromatic rings. The maximum atomic E-state index is 11.4. The van der Waals surface area contributed by atoms with E-state index in [0.717, 1.165) is 19.3 Å². The van der Waals surface area contributed by atoms with Crippen LogP contribution in [0.25, 0.3) is 0 Å². The normalized spacial score (nSPS) is 14.9. The maximum Gasteiger partial charge on any atom is 0.220 e. The number of alkyl halides is 1. The van der Waals surface area contributed by atoms with Gasteiger partial charge in [0.05, 0.1) is 0 Å². The van der Waals surface area contributed by atoms with Crippen LogP contribution in [0.4, 0.5) is 0 Å². The summed E-state index contributed by atoms with van der Waals surface area (Å²) < 4.78 is 0. The van der Waals surface area contributed by atoms with Gasteiger partial charge in [0, 0.05) is 18.3 Å². The van der Waals surface area contributed by atoms with Gasteiger partial charge in [-0.05, 0) is 25.7 Å². The van der Waals surface area contributed by atoms with Crippen molar-refractivity contribution in [3.63, 3.8) is 0 Å². The van der Waals surface area contributed by atoms with Crippen molar-refractivity contribution in [2.45, 2.75) is 52.5 Å². The second kappa shape index (κ2) is 8.10. The third-order valence-electron chi connectivity index (χ3n) is 2.67. The van der Waals surface area contributed by atoms with Crippen LogP contribution in [0.1, 0.15) is 46.5 Å². The predicted molar refractivity (Wildman–Crippen MR) is 61.6 cm³/mol. The van der Waals surface area contributed by atoms with Gasteiger partial charge >= 0.3 is 0 Å². The van der Waals surface area contributed by atoms with Gasteiger partial charge in [-0.1, -0.05) is 20.3 Å². The molecule has 0 aliphatic carbocycles. The average molecular weight is 220 g/mol. The minimum absolute atomic E-state index is 0.155. The molecular formula is C11H22ClNO. The molecule has 0 heterocycles. The summed E-state index contributed by atoms with van der Waals surface area (Å²) in [6, 6.07) is 0.281. The Hall–Kier alpha value is -0.240. The molecular weight excluding hydrogens is 198 g/mol. The van der Waals surface area contributed by atoms with Gasteiger partial charge in [0.25, 0.3) is 0 Å². The monoisotopic (exact) mass is 219 g/mol. The number of hydrogen-bond donors (Lipinski definition) is 1. The van der Waals surface area contributed by atoms with Crippen molar-refractivity contribution < 1.29 is 4.79 Å². The van der Waals surface area contributed by atoms with Crippen LogP contribution in [-0.2, 0) is 4.79 Å². The summed E-state index contributed by atoms with van der Waals surface area (Å²) in [4.78, 5) is 11.4. The van der Waals surface area contributed by atoms with Crippen molar-refractivity contribution in [1.82, 2.24) is 5.32 Å². The molecule has 3 heteroatoms. The SMILES string of the molecule is CCC(C)C(C)NC(=O)CCCCCl. The quantitative estimate of drug-likeness (QED) is 0.518.